The Morgan fingerprint density at radius 2 is 1.65 bits per heavy atom. The lowest BCUT2D eigenvalue weighted by atomic mass is 10.1. The molecule has 1 heterocycles. The summed E-state index contributed by atoms with van der Waals surface area (Å²) in [5.41, 5.74) is 1.44. The highest BCUT2D eigenvalue weighted by molar-refractivity contribution is 7.99. The van der Waals surface area contributed by atoms with Crippen LogP contribution in [0.2, 0.25) is 0 Å². The molecule has 1 aliphatic rings. The molecule has 7 nitrogen and oxygen atoms in total. The maximum absolute atomic E-state index is 13.0. The fourth-order valence-electron chi connectivity index (χ4n) is 3.09. The number of nitrogens with one attached hydrogen (secondary N) is 2. The number of amides is 2. The molecule has 2 N–H and O–H groups in total. The Kier molecular flexibility index (Phi) is 6.66. The highest BCUT2D eigenvalue weighted by Crippen LogP contribution is 2.25. The number of sulfonamides is 1. The molecule has 31 heavy (non-hydrogen) atoms. The van der Waals surface area contributed by atoms with Crippen molar-refractivity contribution < 1.29 is 18.0 Å². The van der Waals surface area contributed by atoms with Crippen molar-refractivity contribution in [3.05, 3.63) is 59.7 Å². The van der Waals surface area contributed by atoms with E-state index in [1.165, 1.54) is 40.9 Å². The molecule has 2 amide bonds. The van der Waals surface area contributed by atoms with Crippen LogP contribution in [0.1, 0.15) is 36.7 Å². The van der Waals surface area contributed by atoms with Crippen molar-refractivity contribution >= 4 is 39.3 Å². The first-order chi connectivity index (χ1) is 14.5. The van der Waals surface area contributed by atoms with Crippen molar-refractivity contribution in [2.45, 2.75) is 44.2 Å². The van der Waals surface area contributed by atoms with Gasteiger partial charge in [-0.2, -0.15) is 0 Å². The topological polar surface area (TPSA) is 95.6 Å². The van der Waals surface area contributed by atoms with E-state index in [1.54, 1.807) is 12.1 Å². The predicted molar refractivity (Wildman–Crippen MR) is 124 cm³/mol. The lowest BCUT2D eigenvalue weighted by Crippen LogP contribution is -2.52. The van der Waals surface area contributed by atoms with Gasteiger partial charge >= 0.3 is 0 Å². The zero-order chi connectivity index (χ0) is 22.8. The van der Waals surface area contributed by atoms with Crippen LogP contribution in [0.3, 0.4) is 0 Å². The molecule has 1 fully saturated rings. The Morgan fingerprint density at radius 3 is 2.23 bits per heavy atom. The average molecular weight is 462 g/mol. The largest absolute Gasteiger partial charge is 0.350 e. The minimum absolute atomic E-state index is 0.0578. The third kappa shape index (κ3) is 5.80. The smallest absolute Gasteiger partial charge is 0.261 e. The first kappa shape index (κ1) is 23.1. The Labute approximate surface area is 187 Å². The van der Waals surface area contributed by atoms with Crippen molar-refractivity contribution in [3.8, 4) is 0 Å². The highest BCUT2D eigenvalue weighted by atomic mass is 32.2. The molecule has 2 aromatic rings. The number of benzene rings is 2. The fourth-order valence-corrected chi connectivity index (χ4v) is 5.30. The van der Waals surface area contributed by atoms with Crippen LogP contribution < -0.4 is 10.0 Å². The van der Waals surface area contributed by atoms with Crippen LogP contribution in [0.5, 0.6) is 0 Å². The van der Waals surface area contributed by atoms with E-state index in [-0.39, 0.29) is 22.2 Å². The first-order valence-electron chi connectivity index (χ1n) is 9.86. The highest BCUT2D eigenvalue weighted by Gasteiger charge is 2.36. The van der Waals surface area contributed by atoms with Gasteiger partial charge in [-0.3, -0.25) is 14.3 Å². The second kappa shape index (κ2) is 8.92. The molecule has 0 spiro atoms. The van der Waals surface area contributed by atoms with Crippen LogP contribution in [0.15, 0.2) is 53.4 Å². The number of hydrogen-bond donors (Lipinski definition) is 2. The van der Waals surface area contributed by atoms with E-state index in [1.807, 2.05) is 39.8 Å². The number of anilines is 1. The van der Waals surface area contributed by atoms with Crippen molar-refractivity contribution in [3.63, 3.8) is 0 Å². The molecule has 0 radical (unpaired) electrons. The van der Waals surface area contributed by atoms with E-state index < -0.39 is 16.1 Å². The van der Waals surface area contributed by atoms with Gasteiger partial charge in [-0.15, -0.1) is 11.8 Å². The number of hydrogen-bond acceptors (Lipinski definition) is 5. The molecule has 2 aromatic carbocycles. The van der Waals surface area contributed by atoms with E-state index in [2.05, 4.69) is 10.0 Å². The normalized spacial score (nSPS) is 16.8. The summed E-state index contributed by atoms with van der Waals surface area (Å²) >= 11 is 1.52. The fraction of sp³-hybridized carbons (Fsp3) is 0.364. The van der Waals surface area contributed by atoms with Gasteiger partial charge in [-0.1, -0.05) is 17.7 Å². The third-order valence-corrected chi connectivity index (χ3v) is 7.07. The molecule has 1 saturated heterocycles. The van der Waals surface area contributed by atoms with Crippen LogP contribution in [0, 0.1) is 6.92 Å². The predicted octanol–water partition coefficient (Wildman–Crippen LogP) is 3.23. The lowest BCUT2D eigenvalue weighted by molar-refractivity contribution is -0.125. The number of nitrogens with zero attached hydrogens (tertiary/aromatic N) is 1. The van der Waals surface area contributed by atoms with Gasteiger partial charge < -0.3 is 10.2 Å². The number of rotatable bonds is 5. The molecule has 9 heteroatoms. The van der Waals surface area contributed by atoms with E-state index in [0.717, 1.165) is 5.56 Å². The minimum atomic E-state index is -3.78. The van der Waals surface area contributed by atoms with E-state index in [9.17, 15) is 18.0 Å². The molecular formula is C22H27N3O4S2. The molecular weight excluding hydrogens is 434 g/mol. The Balaban J connectivity index is 1.73. The summed E-state index contributed by atoms with van der Waals surface area (Å²) in [6.07, 6.45) is 0. The molecule has 1 unspecified atom stereocenters. The number of aryl methyl sites for hydroxylation is 1. The molecule has 166 valence electrons. The van der Waals surface area contributed by atoms with Crippen LogP contribution in [-0.4, -0.2) is 48.3 Å². The summed E-state index contributed by atoms with van der Waals surface area (Å²) in [4.78, 5) is 27.1. The Morgan fingerprint density at radius 1 is 1.03 bits per heavy atom. The molecule has 3 rings (SSSR count). The summed E-state index contributed by atoms with van der Waals surface area (Å²) in [5.74, 6) is 0.457. The molecule has 0 saturated carbocycles. The van der Waals surface area contributed by atoms with E-state index in [4.69, 9.17) is 0 Å². The summed E-state index contributed by atoms with van der Waals surface area (Å²) in [6, 6.07) is 12.2. The average Bonchev–Trinajstić information content (AvgIpc) is 3.18. The van der Waals surface area contributed by atoms with E-state index in [0.29, 0.717) is 22.9 Å². The zero-order valence-electron chi connectivity index (χ0n) is 18.0. The van der Waals surface area contributed by atoms with Gasteiger partial charge in [-0.05, 0) is 64.1 Å². The van der Waals surface area contributed by atoms with Gasteiger partial charge in [0.1, 0.15) is 6.04 Å². The Hall–Kier alpha value is -2.52. The molecule has 0 aromatic heterocycles. The van der Waals surface area contributed by atoms with Gasteiger partial charge in [0.25, 0.3) is 15.9 Å². The summed E-state index contributed by atoms with van der Waals surface area (Å²) < 4.78 is 27.8. The number of carbonyl (C=O) groups is 2. The molecule has 1 aliphatic heterocycles. The quantitative estimate of drug-likeness (QED) is 0.713. The monoisotopic (exact) mass is 461 g/mol. The van der Waals surface area contributed by atoms with Gasteiger partial charge in [0.2, 0.25) is 5.91 Å². The first-order valence-corrected chi connectivity index (χ1v) is 12.5. The van der Waals surface area contributed by atoms with Crippen molar-refractivity contribution in [2.75, 3.05) is 16.4 Å². The summed E-state index contributed by atoms with van der Waals surface area (Å²) in [7, 11) is -3.78. The minimum Gasteiger partial charge on any atom is -0.350 e. The maximum Gasteiger partial charge on any atom is 0.261 e. The van der Waals surface area contributed by atoms with Gasteiger partial charge in [0, 0.05) is 22.5 Å². The molecule has 0 bridgehead atoms. The second-order valence-corrected chi connectivity index (χ2v) is 11.2. The van der Waals surface area contributed by atoms with Crippen LogP contribution >= 0.6 is 11.8 Å². The van der Waals surface area contributed by atoms with Crippen molar-refractivity contribution in [2.24, 2.45) is 0 Å². The van der Waals surface area contributed by atoms with Crippen LogP contribution in [-0.2, 0) is 14.8 Å². The summed E-state index contributed by atoms with van der Waals surface area (Å²) in [5, 5.41) is 2.92. The Bertz CT molecular complexity index is 1060. The maximum atomic E-state index is 13.0. The zero-order valence-corrected chi connectivity index (χ0v) is 19.6. The van der Waals surface area contributed by atoms with Gasteiger partial charge in [0.15, 0.2) is 0 Å². The summed E-state index contributed by atoms with van der Waals surface area (Å²) in [6.45, 7) is 7.60. The van der Waals surface area contributed by atoms with Crippen LogP contribution in [0.25, 0.3) is 0 Å². The lowest BCUT2D eigenvalue weighted by Gasteiger charge is -2.27. The van der Waals surface area contributed by atoms with Gasteiger partial charge in [0.05, 0.1) is 10.8 Å². The second-order valence-electron chi connectivity index (χ2n) is 8.53. The number of carbonyl (C=O) groups excluding carboxylic acids is 2. The van der Waals surface area contributed by atoms with Gasteiger partial charge in [-0.25, -0.2) is 8.42 Å². The molecule has 0 aliphatic carbocycles. The SMILES string of the molecule is Cc1ccc(NS(=O)(=O)c2ccc(C(=O)N3CSCC3C(=O)NC(C)(C)C)cc2)cc1. The molecule has 1 atom stereocenters. The number of thioether (sulfide) groups is 1. The van der Waals surface area contributed by atoms with Crippen LogP contribution in [0.4, 0.5) is 5.69 Å². The third-order valence-electron chi connectivity index (χ3n) is 4.66. The van der Waals surface area contributed by atoms with E-state index >= 15 is 0 Å². The standard InChI is InChI=1S/C22H27N3O4S2/c1-15-5-9-17(10-6-15)24-31(28,29)18-11-7-16(8-12-18)21(27)25-14-30-13-19(25)20(26)23-22(2,3)4/h5-12,19,24H,13-14H2,1-4H3,(H,23,26). The van der Waals surface area contributed by atoms with Crippen molar-refractivity contribution in [1.82, 2.24) is 10.2 Å². The van der Waals surface area contributed by atoms with Crippen molar-refractivity contribution in [1.29, 1.82) is 0 Å².